The fourth-order valence-electron chi connectivity index (χ4n) is 2.22. The molecule has 0 radical (unpaired) electrons. The van der Waals surface area contributed by atoms with E-state index in [-0.39, 0.29) is 0 Å². The van der Waals surface area contributed by atoms with Crippen molar-refractivity contribution in [2.24, 2.45) is 5.92 Å². The van der Waals surface area contributed by atoms with Gasteiger partial charge in [0.1, 0.15) is 0 Å². The molecular weight excluding hydrogens is 146 g/mol. The summed E-state index contributed by atoms with van der Waals surface area (Å²) in [4.78, 5) is 2.64. The largest absolute Gasteiger partial charge is 0.296 e. The first kappa shape index (κ1) is 10.0. The van der Waals surface area contributed by atoms with Crippen LogP contribution >= 0.6 is 0 Å². The topological polar surface area (TPSA) is 3.24 Å². The lowest BCUT2D eigenvalue weighted by Gasteiger charge is -2.45. The molecule has 1 fully saturated rings. The normalized spacial score (nSPS) is 33.8. The monoisotopic (exact) mass is 169 g/mol. The Balaban J connectivity index is 2.61. The van der Waals surface area contributed by atoms with E-state index >= 15 is 0 Å². The van der Waals surface area contributed by atoms with Gasteiger partial charge < -0.3 is 0 Å². The highest BCUT2D eigenvalue weighted by atomic mass is 15.2. The van der Waals surface area contributed by atoms with Crippen molar-refractivity contribution >= 4 is 0 Å². The average Bonchev–Trinajstić information content (AvgIpc) is 1.92. The molecule has 0 bridgehead atoms. The van der Waals surface area contributed by atoms with E-state index in [9.17, 15) is 0 Å². The van der Waals surface area contributed by atoms with Gasteiger partial charge in [-0.05, 0) is 46.5 Å². The quantitative estimate of drug-likeness (QED) is 0.539. The lowest BCUT2D eigenvalue weighted by molar-refractivity contribution is 0.0378. The molecule has 0 aromatic rings. The Morgan fingerprint density at radius 1 is 1.08 bits per heavy atom. The molecule has 2 unspecified atom stereocenters. The van der Waals surface area contributed by atoms with Crippen LogP contribution in [0.15, 0.2) is 0 Å². The van der Waals surface area contributed by atoms with Gasteiger partial charge in [0.25, 0.3) is 0 Å². The Morgan fingerprint density at radius 2 is 1.67 bits per heavy atom. The Bertz CT molecular complexity index is 146. The van der Waals surface area contributed by atoms with Crippen LogP contribution in [0, 0.1) is 5.92 Å². The van der Waals surface area contributed by atoms with Crippen LogP contribution in [0.4, 0.5) is 0 Å². The first-order chi connectivity index (χ1) is 5.41. The van der Waals surface area contributed by atoms with E-state index in [0.29, 0.717) is 5.54 Å². The third-order valence-electron chi connectivity index (χ3n) is 2.98. The summed E-state index contributed by atoms with van der Waals surface area (Å²) in [6.45, 7) is 13.0. The van der Waals surface area contributed by atoms with Gasteiger partial charge in [0, 0.05) is 18.1 Å². The predicted molar refractivity (Wildman–Crippen MR) is 54.3 cm³/mol. The maximum atomic E-state index is 2.64. The molecule has 1 heterocycles. The lowest BCUT2D eigenvalue weighted by Crippen LogP contribution is -2.51. The zero-order valence-corrected chi connectivity index (χ0v) is 9.22. The van der Waals surface area contributed by atoms with E-state index < -0.39 is 0 Å². The average molecular weight is 169 g/mol. The van der Waals surface area contributed by atoms with Gasteiger partial charge >= 0.3 is 0 Å². The number of hydrogen-bond acceptors (Lipinski definition) is 1. The van der Waals surface area contributed by atoms with Crippen molar-refractivity contribution in [2.75, 3.05) is 6.54 Å². The summed E-state index contributed by atoms with van der Waals surface area (Å²) >= 11 is 0. The molecule has 2 atom stereocenters. The second kappa shape index (κ2) is 3.37. The Labute approximate surface area is 77.1 Å². The summed E-state index contributed by atoms with van der Waals surface area (Å²) in [5.74, 6) is 0.889. The van der Waals surface area contributed by atoms with Crippen molar-refractivity contribution in [3.63, 3.8) is 0 Å². The maximum Gasteiger partial charge on any atom is 0.0127 e. The molecule has 1 heteroatoms. The second-order valence-corrected chi connectivity index (χ2v) is 5.35. The molecule has 0 aromatic heterocycles. The molecule has 1 aliphatic rings. The zero-order valence-electron chi connectivity index (χ0n) is 9.22. The van der Waals surface area contributed by atoms with Crippen LogP contribution in [-0.4, -0.2) is 23.0 Å². The van der Waals surface area contributed by atoms with E-state index in [4.69, 9.17) is 0 Å². The van der Waals surface area contributed by atoms with Gasteiger partial charge in [0.2, 0.25) is 0 Å². The molecule has 12 heavy (non-hydrogen) atoms. The molecule has 0 saturated carbocycles. The van der Waals surface area contributed by atoms with E-state index in [2.05, 4.69) is 39.5 Å². The van der Waals surface area contributed by atoms with Crippen LogP contribution in [0.2, 0.25) is 0 Å². The Morgan fingerprint density at radius 3 is 2.08 bits per heavy atom. The fraction of sp³-hybridized carbons (Fsp3) is 1.00. The highest BCUT2D eigenvalue weighted by Gasteiger charge is 2.30. The van der Waals surface area contributed by atoms with E-state index in [1.807, 2.05) is 0 Å². The van der Waals surface area contributed by atoms with Gasteiger partial charge in [0.05, 0.1) is 0 Å². The minimum Gasteiger partial charge on any atom is -0.296 e. The Hall–Kier alpha value is -0.0400. The van der Waals surface area contributed by atoms with Crippen LogP contribution in [0.25, 0.3) is 0 Å². The van der Waals surface area contributed by atoms with Gasteiger partial charge in [-0.3, -0.25) is 4.90 Å². The summed E-state index contributed by atoms with van der Waals surface area (Å²) in [5.41, 5.74) is 0.355. The number of likely N-dealkylation sites (tertiary alicyclic amines) is 1. The zero-order chi connectivity index (χ0) is 9.35. The molecule has 1 aliphatic heterocycles. The lowest BCUT2D eigenvalue weighted by atomic mass is 9.90. The van der Waals surface area contributed by atoms with Crippen molar-refractivity contribution in [1.29, 1.82) is 0 Å². The smallest absolute Gasteiger partial charge is 0.0127 e. The van der Waals surface area contributed by atoms with Crippen LogP contribution in [0.5, 0.6) is 0 Å². The second-order valence-electron chi connectivity index (χ2n) is 5.35. The molecule has 72 valence electrons. The molecule has 0 aromatic carbocycles. The van der Waals surface area contributed by atoms with Crippen LogP contribution in [0.1, 0.15) is 47.5 Å². The van der Waals surface area contributed by atoms with Crippen molar-refractivity contribution in [3.8, 4) is 0 Å². The summed E-state index contributed by atoms with van der Waals surface area (Å²) < 4.78 is 0. The highest BCUT2D eigenvalue weighted by molar-refractivity contribution is 4.85. The number of rotatable bonds is 0. The molecule has 0 amide bonds. The summed E-state index contributed by atoms with van der Waals surface area (Å²) in [6, 6.07) is 0.779. The standard InChI is InChI=1S/C11H23N/c1-9-6-7-10(2)12(8-9)11(3,4)5/h9-10H,6-8H2,1-5H3. The number of nitrogens with zero attached hydrogens (tertiary/aromatic N) is 1. The highest BCUT2D eigenvalue weighted by Crippen LogP contribution is 2.27. The van der Waals surface area contributed by atoms with Crippen LogP contribution in [0.3, 0.4) is 0 Å². The van der Waals surface area contributed by atoms with E-state index in [1.165, 1.54) is 19.4 Å². The van der Waals surface area contributed by atoms with Gasteiger partial charge in [-0.15, -0.1) is 0 Å². The molecule has 0 N–H and O–H groups in total. The summed E-state index contributed by atoms with van der Waals surface area (Å²) in [5, 5.41) is 0. The van der Waals surface area contributed by atoms with Crippen molar-refractivity contribution in [2.45, 2.75) is 59.0 Å². The van der Waals surface area contributed by atoms with Crippen LogP contribution in [-0.2, 0) is 0 Å². The van der Waals surface area contributed by atoms with Crippen molar-refractivity contribution in [1.82, 2.24) is 4.90 Å². The molecule has 0 aliphatic carbocycles. The minimum atomic E-state index is 0.355. The third kappa shape index (κ3) is 2.22. The van der Waals surface area contributed by atoms with Gasteiger partial charge in [-0.2, -0.15) is 0 Å². The van der Waals surface area contributed by atoms with E-state index in [1.54, 1.807) is 0 Å². The number of piperidine rings is 1. The molecule has 1 saturated heterocycles. The molecule has 1 rings (SSSR count). The van der Waals surface area contributed by atoms with Crippen molar-refractivity contribution in [3.05, 3.63) is 0 Å². The van der Waals surface area contributed by atoms with E-state index in [0.717, 1.165) is 12.0 Å². The Kier molecular flexibility index (Phi) is 2.82. The fourth-order valence-corrected chi connectivity index (χ4v) is 2.22. The minimum absolute atomic E-state index is 0.355. The summed E-state index contributed by atoms with van der Waals surface area (Å²) in [6.07, 6.45) is 2.78. The summed E-state index contributed by atoms with van der Waals surface area (Å²) in [7, 11) is 0. The predicted octanol–water partition coefficient (Wildman–Crippen LogP) is 2.91. The molecule has 0 spiro atoms. The third-order valence-corrected chi connectivity index (χ3v) is 2.98. The van der Waals surface area contributed by atoms with Gasteiger partial charge in [-0.1, -0.05) is 6.92 Å². The van der Waals surface area contributed by atoms with Crippen LogP contribution < -0.4 is 0 Å². The van der Waals surface area contributed by atoms with Gasteiger partial charge in [0.15, 0.2) is 0 Å². The SMILES string of the molecule is CC1CCC(C)N(C(C)(C)C)C1. The van der Waals surface area contributed by atoms with Gasteiger partial charge in [-0.25, -0.2) is 0 Å². The molecular formula is C11H23N. The first-order valence-corrected chi connectivity index (χ1v) is 5.18. The maximum absolute atomic E-state index is 2.64. The number of hydrogen-bond donors (Lipinski definition) is 0. The molecule has 1 nitrogen and oxygen atoms in total. The first-order valence-electron chi connectivity index (χ1n) is 5.18. The van der Waals surface area contributed by atoms with Crippen molar-refractivity contribution < 1.29 is 0 Å².